The molecule has 2 heterocycles. The Morgan fingerprint density at radius 2 is 1.71 bits per heavy atom. The minimum Gasteiger partial charge on any atom is -0.357 e. The lowest BCUT2D eigenvalue weighted by molar-refractivity contribution is 0.0692. The number of nitrogens with zero attached hydrogens (tertiary/aromatic N) is 2. The lowest BCUT2D eigenvalue weighted by atomic mass is 9.85. The van der Waals surface area contributed by atoms with Crippen LogP contribution in [0.5, 0.6) is 0 Å². The number of hydrogen-bond donors (Lipinski definition) is 1. The summed E-state index contributed by atoms with van der Waals surface area (Å²) in [6.45, 7) is 11.4. The van der Waals surface area contributed by atoms with Crippen LogP contribution in [0, 0.1) is 13.8 Å². The van der Waals surface area contributed by atoms with Gasteiger partial charge >= 0.3 is 0 Å². The maximum atomic E-state index is 13.4. The van der Waals surface area contributed by atoms with Gasteiger partial charge in [-0.05, 0) is 54.2 Å². The van der Waals surface area contributed by atoms with Crippen molar-refractivity contribution in [3.05, 3.63) is 52.8 Å². The van der Waals surface area contributed by atoms with Crippen molar-refractivity contribution in [1.29, 1.82) is 0 Å². The van der Waals surface area contributed by atoms with Crippen LogP contribution in [0.25, 0.3) is 0 Å². The van der Waals surface area contributed by atoms with E-state index < -0.39 is 10.0 Å². The molecule has 0 saturated carbocycles. The first-order valence-corrected chi connectivity index (χ1v) is 11.0. The average Bonchev–Trinajstić information content (AvgIpc) is 3.17. The lowest BCUT2D eigenvalue weighted by Gasteiger charge is -2.34. The number of rotatable bonds is 3. The van der Waals surface area contributed by atoms with Crippen molar-refractivity contribution in [3.63, 3.8) is 0 Å². The molecule has 1 amide bonds. The number of piperazine rings is 1. The first-order chi connectivity index (χ1) is 13.0. The molecule has 1 N–H and O–H groups in total. The van der Waals surface area contributed by atoms with Crippen molar-refractivity contribution in [1.82, 2.24) is 14.2 Å². The molecule has 0 aliphatic carbocycles. The molecule has 1 aliphatic heterocycles. The third-order valence-electron chi connectivity index (χ3n) is 5.46. The predicted molar refractivity (Wildman–Crippen MR) is 110 cm³/mol. The summed E-state index contributed by atoms with van der Waals surface area (Å²) in [5.41, 5.74) is 3.17. The standard InChI is InChI=1S/C21H29N3O3S/c1-15-13-17(21(3,4)5)14-19(16(15)2)28(26,27)24-11-9-23(10-12-24)20(25)18-7-6-8-22-18/h6-8,13-14,22H,9-12H2,1-5H3. The third-order valence-corrected chi connectivity index (χ3v) is 7.48. The minimum atomic E-state index is -3.61. The normalized spacial score (nSPS) is 16.4. The van der Waals surface area contributed by atoms with Gasteiger partial charge in [-0.25, -0.2) is 8.42 Å². The molecule has 1 aromatic carbocycles. The molecule has 6 nitrogen and oxygen atoms in total. The summed E-state index contributed by atoms with van der Waals surface area (Å²) in [5, 5.41) is 0. The number of benzene rings is 1. The van der Waals surface area contributed by atoms with Crippen LogP contribution >= 0.6 is 0 Å². The van der Waals surface area contributed by atoms with Gasteiger partial charge in [0.2, 0.25) is 10.0 Å². The first kappa shape index (κ1) is 20.6. The molecule has 0 radical (unpaired) electrons. The van der Waals surface area contributed by atoms with Gasteiger partial charge in [-0.3, -0.25) is 4.79 Å². The SMILES string of the molecule is Cc1cc(C(C)(C)C)cc(S(=O)(=O)N2CCN(C(=O)c3ccc[nH]3)CC2)c1C. The van der Waals surface area contributed by atoms with Gasteiger partial charge in [-0.2, -0.15) is 4.31 Å². The summed E-state index contributed by atoms with van der Waals surface area (Å²) in [5.74, 6) is -0.0937. The highest BCUT2D eigenvalue weighted by Crippen LogP contribution is 2.31. The Hall–Kier alpha value is -2.12. The zero-order chi connectivity index (χ0) is 20.7. The summed E-state index contributed by atoms with van der Waals surface area (Å²) >= 11 is 0. The molecule has 152 valence electrons. The third kappa shape index (κ3) is 3.86. The van der Waals surface area contributed by atoms with Crippen molar-refractivity contribution in [2.45, 2.75) is 44.9 Å². The largest absolute Gasteiger partial charge is 0.357 e. The van der Waals surface area contributed by atoms with Gasteiger partial charge in [0.1, 0.15) is 5.69 Å². The van der Waals surface area contributed by atoms with Crippen LogP contribution < -0.4 is 0 Å². The van der Waals surface area contributed by atoms with E-state index >= 15 is 0 Å². The van der Waals surface area contributed by atoms with Gasteiger partial charge in [0, 0.05) is 32.4 Å². The molecule has 0 unspecified atom stereocenters. The number of aromatic nitrogens is 1. The Morgan fingerprint density at radius 3 is 2.25 bits per heavy atom. The van der Waals surface area contributed by atoms with E-state index in [4.69, 9.17) is 0 Å². The second-order valence-electron chi connectivity index (χ2n) is 8.45. The second kappa shape index (κ2) is 7.37. The summed E-state index contributed by atoms with van der Waals surface area (Å²) < 4.78 is 28.2. The fourth-order valence-electron chi connectivity index (χ4n) is 3.43. The smallest absolute Gasteiger partial charge is 0.270 e. The molecule has 0 atom stereocenters. The quantitative estimate of drug-likeness (QED) is 0.856. The maximum absolute atomic E-state index is 13.4. The average molecular weight is 404 g/mol. The molecular formula is C21H29N3O3S. The molecule has 0 spiro atoms. The minimum absolute atomic E-state index is 0.0937. The fraction of sp³-hybridized carbons (Fsp3) is 0.476. The zero-order valence-electron chi connectivity index (χ0n) is 17.2. The van der Waals surface area contributed by atoms with Crippen molar-refractivity contribution in [2.24, 2.45) is 0 Å². The number of carbonyl (C=O) groups excluding carboxylic acids is 1. The summed E-state index contributed by atoms with van der Waals surface area (Å²) in [4.78, 5) is 17.5. The van der Waals surface area contributed by atoms with Gasteiger partial charge < -0.3 is 9.88 Å². The van der Waals surface area contributed by atoms with Gasteiger partial charge in [0.05, 0.1) is 4.90 Å². The molecule has 0 bridgehead atoms. The van der Waals surface area contributed by atoms with Crippen LogP contribution in [0.1, 0.15) is 48.0 Å². The van der Waals surface area contributed by atoms with Crippen LogP contribution in [-0.4, -0.2) is 54.7 Å². The van der Waals surface area contributed by atoms with E-state index in [1.54, 1.807) is 23.2 Å². The van der Waals surface area contributed by atoms with E-state index in [1.807, 2.05) is 19.9 Å². The van der Waals surface area contributed by atoms with E-state index in [0.717, 1.165) is 16.7 Å². The number of aryl methyl sites for hydroxylation is 1. The van der Waals surface area contributed by atoms with Crippen molar-refractivity contribution < 1.29 is 13.2 Å². The Balaban J connectivity index is 1.83. The van der Waals surface area contributed by atoms with Gasteiger partial charge in [0.25, 0.3) is 5.91 Å². The molecule has 28 heavy (non-hydrogen) atoms. The first-order valence-electron chi connectivity index (χ1n) is 9.56. The Morgan fingerprint density at radius 1 is 1.07 bits per heavy atom. The van der Waals surface area contributed by atoms with E-state index in [9.17, 15) is 13.2 Å². The molecule has 2 aromatic rings. The van der Waals surface area contributed by atoms with Crippen LogP contribution in [-0.2, 0) is 15.4 Å². The van der Waals surface area contributed by atoms with Gasteiger partial charge in [-0.15, -0.1) is 0 Å². The predicted octanol–water partition coefficient (Wildman–Crippen LogP) is 3.08. The number of nitrogens with one attached hydrogen (secondary N) is 1. The topological polar surface area (TPSA) is 73.5 Å². The number of sulfonamides is 1. The van der Waals surface area contributed by atoms with Crippen LogP contribution in [0.4, 0.5) is 0 Å². The summed E-state index contributed by atoms with van der Waals surface area (Å²) in [6.07, 6.45) is 1.71. The maximum Gasteiger partial charge on any atom is 0.270 e. The number of hydrogen-bond acceptors (Lipinski definition) is 3. The van der Waals surface area contributed by atoms with Crippen molar-refractivity contribution in [2.75, 3.05) is 26.2 Å². The molecule has 1 saturated heterocycles. The summed E-state index contributed by atoms with van der Waals surface area (Å²) in [7, 11) is -3.61. The van der Waals surface area contributed by atoms with E-state index in [1.165, 1.54) is 4.31 Å². The highest BCUT2D eigenvalue weighted by Gasteiger charge is 2.32. The number of H-pyrrole nitrogens is 1. The molecule has 7 heteroatoms. The molecular weight excluding hydrogens is 374 g/mol. The van der Waals surface area contributed by atoms with Crippen molar-refractivity contribution in [3.8, 4) is 0 Å². The molecule has 1 aromatic heterocycles. The Labute approximate surface area is 167 Å². The molecule has 1 aliphatic rings. The lowest BCUT2D eigenvalue weighted by Crippen LogP contribution is -2.50. The highest BCUT2D eigenvalue weighted by atomic mass is 32.2. The second-order valence-corrected chi connectivity index (χ2v) is 10.4. The van der Waals surface area contributed by atoms with Crippen molar-refractivity contribution >= 4 is 15.9 Å². The van der Waals surface area contributed by atoms with E-state index in [2.05, 4.69) is 31.8 Å². The monoisotopic (exact) mass is 403 g/mol. The van der Waals surface area contributed by atoms with E-state index in [-0.39, 0.29) is 11.3 Å². The van der Waals surface area contributed by atoms with Gasteiger partial charge in [-0.1, -0.05) is 26.8 Å². The fourth-order valence-corrected chi connectivity index (χ4v) is 5.18. The summed E-state index contributed by atoms with van der Waals surface area (Å²) in [6, 6.07) is 7.40. The molecule has 3 rings (SSSR count). The number of aromatic amines is 1. The zero-order valence-corrected chi connectivity index (χ0v) is 18.1. The van der Waals surface area contributed by atoms with Crippen LogP contribution in [0.15, 0.2) is 35.4 Å². The van der Waals surface area contributed by atoms with Gasteiger partial charge in [0.15, 0.2) is 0 Å². The number of amides is 1. The van der Waals surface area contributed by atoms with Crippen LogP contribution in [0.3, 0.4) is 0 Å². The van der Waals surface area contributed by atoms with E-state index in [0.29, 0.717) is 36.8 Å². The molecule has 1 fully saturated rings. The Kier molecular flexibility index (Phi) is 5.42. The highest BCUT2D eigenvalue weighted by molar-refractivity contribution is 7.89. The Bertz CT molecular complexity index is 965. The van der Waals surface area contributed by atoms with Crippen LogP contribution in [0.2, 0.25) is 0 Å². The number of carbonyl (C=O) groups is 1.